The van der Waals surface area contributed by atoms with Crippen LogP contribution in [-0.4, -0.2) is 35.6 Å². The molecule has 0 spiro atoms. The average molecular weight is 221 g/mol. The summed E-state index contributed by atoms with van der Waals surface area (Å²) in [6, 6.07) is 0. The van der Waals surface area contributed by atoms with Gasteiger partial charge in [-0.15, -0.1) is 0 Å². The maximum atomic E-state index is 11.8. The normalized spacial score (nSPS) is 26.5. The molecule has 0 aromatic heterocycles. The molecule has 2 aliphatic heterocycles. The first kappa shape index (κ1) is 11.3. The molecular weight excluding hydrogens is 202 g/mol. The van der Waals surface area contributed by atoms with Crippen LogP contribution in [0.25, 0.3) is 0 Å². The van der Waals surface area contributed by atoms with Crippen molar-refractivity contribution in [1.29, 1.82) is 0 Å². The van der Waals surface area contributed by atoms with Crippen LogP contribution >= 0.6 is 0 Å². The number of guanidine groups is 1. The van der Waals surface area contributed by atoms with Crippen LogP contribution in [0.2, 0.25) is 0 Å². The number of amides is 1. The smallest absolute Gasteiger partial charge is 0.257 e. The van der Waals surface area contributed by atoms with E-state index in [4.69, 9.17) is 0 Å². The fourth-order valence-corrected chi connectivity index (χ4v) is 2.32. The Morgan fingerprint density at radius 2 is 1.94 bits per heavy atom. The summed E-state index contributed by atoms with van der Waals surface area (Å²) in [6.07, 6.45) is 4.43. The molecule has 0 bridgehead atoms. The van der Waals surface area contributed by atoms with Gasteiger partial charge in [0.15, 0.2) is 0 Å². The van der Waals surface area contributed by atoms with E-state index in [1.807, 2.05) is 13.8 Å². The molecule has 2 rings (SSSR count). The molecule has 1 atom stereocenters. The number of likely N-dealkylation sites (tertiary alicyclic amines) is 1. The van der Waals surface area contributed by atoms with Gasteiger partial charge in [0.25, 0.3) is 5.91 Å². The van der Waals surface area contributed by atoms with Crippen molar-refractivity contribution in [3.63, 3.8) is 0 Å². The highest BCUT2D eigenvalue weighted by molar-refractivity contribution is 6.14. The molecule has 88 valence electrons. The predicted octanol–water partition coefficient (Wildman–Crippen LogP) is 1.86. The first-order valence-corrected chi connectivity index (χ1v) is 6.15. The van der Waals surface area contributed by atoms with Gasteiger partial charge in [0.2, 0.25) is 5.96 Å². The van der Waals surface area contributed by atoms with Gasteiger partial charge in [-0.25, -0.2) is 4.99 Å². The lowest BCUT2D eigenvalue weighted by atomic mass is 10.00. The lowest BCUT2D eigenvalue weighted by Gasteiger charge is -2.29. The molecule has 0 aromatic carbocycles. The molecule has 0 radical (unpaired) electrons. The van der Waals surface area contributed by atoms with Gasteiger partial charge >= 0.3 is 0 Å². The summed E-state index contributed by atoms with van der Waals surface area (Å²) in [4.78, 5) is 22.5. The van der Waals surface area contributed by atoms with Crippen molar-refractivity contribution >= 4 is 17.6 Å². The third-order valence-electron chi connectivity index (χ3n) is 3.34. The van der Waals surface area contributed by atoms with Gasteiger partial charge in [-0.05, 0) is 32.6 Å². The lowest BCUT2D eigenvalue weighted by molar-refractivity contribution is -0.119. The molecular formula is C12H19N3O. The summed E-state index contributed by atoms with van der Waals surface area (Å²) in [5.74, 6) is 0.538. The molecule has 1 unspecified atom stereocenters. The van der Waals surface area contributed by atoms with Crippen LogP contribution in [0.5, 0.6) is 0 Å². The SMILES string of the molecule is CCC1C(=O)N=C(N2CCCCC2)N=C1C. The van der Waals surface area contributed by atoms with E-state index in [0.717, 1.165) is 25.2 Å². The van der Waals surface area contributed by atoms with Gasteiger partial charge in [-0.3, -0.25) is 4.79 Å². The molecule has 0 N–H and O–H groups in total. The van der Waals surface area contributed by atoms with Gasteiger partial charge < -0.3 is 4.90 Å². The molecule has 16 heavy (non-hydrogen) atoms. The molecule has 2 aliphatic rings. The second kappa shape index (κ2) is 4.76. The van der Waals surface area contributed by atoms with Crippen LogP contribution in [0.15, 0.2) is 9.98 Å². The largest absolute Gasteiger partial charge is 0.341 e. The number of nitrogens with zero attached hydrogens (tertiary/aromatic N) is 3. The Balaban J connectivity index is 2.14. The van der Waals surface area contributed by atoms with E-state index < -0.39 is 0 Å². The fraction of sp³-hybridized carbons (Fsp3) is 0.750. The van der Waals surface area contributed by atoms with Crippen LogP contribution in [0.1, 0.15) is 39.5 Å². The summed E-state index contributed by atoms with van der Waals surface area (Å²) >= 11 is 0. The number of rotatable bonds is 1. The first-order chi connectivity index (χ1) is 7.72. The van der Waals surface area contributed by atoms with Crippen molar-refractivity contribution in [2.45, 2.75) is 39.5 Å². The molecule has 0 aromatic rings. The molecule has 4 nitrogen and oxygen atoms in total. The van der Waals surface area contributed by atoms with Crippen molar-refractivity contribution in [1.82, 2.24) is 4.90 Å². The van der Waals surface area contributed by atoms with E-state index in [-0.39, 0.29) is 11.8 Å². The molecule has 1 fully saturated rings. The first-order valence-electron chi connectivity index (χ1n) is 6.15. The molecule has 2 heterocycles. The Labute approximate surface area is 96.5 Å². The molecule has 1 amide bonds. The number of aliphatic imine (C=N–C) groups is 2. The van der Waals surface area contributed by atoms with Crippen molar-refractivity contribution in [2.75, 3.05) is 13.1 Å². The van der Waals surface area contributed by atoms with Crippen LogP contribution in [0.3, 0.4) is 0 Å². The zero-order valence-electron chi connectivity index (χ0n) is 10.1. The molecule has 1 saturated heterocycles. The highest BCUT2D eigenvalue weighted by Crippen LogP contribution is 2.17. The Bertz CT molecular complexity index is 340. The Kier molecular flexibility index (Phi) is 3.36. The minimum Gasteiger partial charge on any atom is -0.341 e. The summed E-state index contributed by atoms with van der Waals surface area (Å²) in [5.41, 5.74) is 0.920. The van der Waals surface area contributed by atoms with Gasteiger partial charge in [-0.2, -0.15) is 4.99 Å². The highest BCUT2D eigenvalue weighted by atomic mass is 16.1. The minimum atomic E-state index is -0.0893. The van der Waals surface area contributed by atoms with Gasteiger partial charge in [0.1, 0.15) is 0 Å². The maximum absolute atomic E-state index is 11.8. The van der Waals surface area contributed by atoms with Crippen molar-refractivity contribution in [2.24, 2.45) is 15.9 Å². The summed E-state index contributed by atoms with van der Waals surface area (Å²) in [5, 5.41) is 0. The number of hydrogen-bond acceptors (Lipinski definition) is 3. The average Bonchev–Trinajstić information content (AvgIpc) is 2.30. The number of carbonyl (C=O) groups excluding carboxylic acids is 1. The zero-order chi connectivity index (χ0) is 11.5. The quantitative estimate of drug-likeness (QED) is 0.678. The molecule has 0 saturated carbocycles. The standard InChI is InChI=1S/C12H19N3O/c1-3-10-9(2)13-12(14-11(10)16)15-7-5-4-6-8-15/h10H,3-8H2,1-2H3. The third kappa shape index (κ3) is 2.15. The van der Waals surface area contributed by atoms with E-state index in [2.05, 4.69) is 14.9 Å². The Morgan fingerprint density at radius 3 is 2.50 bits per heavy atom. The Morgan fingerprint density at radius 1 is 1.25 bits per heavy atom. The molecule has 0 aliphatic carbocycles. The molecule has 4 heteroatoms. The van der Waals surface area contributed by atoms with E-state index in [0.29, 0.717) is 5.96 Å². The van der Waals surface area contributed by atoms with Gasteiger partial charge in [-0.1, -0.05) is 6.92 Å². The van der Waals surface area contributed by atoms with E-state index in [1.54, 1.807) is 0 Å². The van der Waals surface area contributed by atoms with Crippen LogP contribution < -0.4 is 0 Å². The topological polar surface area (TPSA) is 45.0 Å². The highest BCUT2D eigenvalue weighted by Gasteiger charge is 2.26. The van der Waals surface area contributed by atoms with Crippen molar-refractivity contribution in [3.8, 4) is 0 Å². The van der Waals surface area contributed by atoms with Crippen molar-refractivity contribution in [3.05, 3.63) is 0 Å². The summed E-state index contributed by atoms with van der Waals surface area (Å²) < 4.78 is 0. The van der Waals surface area contributed by atoms with E-state index in [9.17, 15) is 4.79 Å². The van der Waals surface area contributed by atoms with Crippen LogP contribution in [-0.2, 0) is 4.79 Å². The minimum absolute atomic E-state index is 0.0180. The second-order valence-corrected chi connectivity index (χ2v) is 4.51. The van der Waals surface area contributed by atoms with E-state index >= 15 is 0 Å². The monoisotopic (exact) mass is 221 g/mol. The third-order valence-corrected chi connectivity index (χ3v) is 3.34. The van der Waals surface area contributed by atoms with Crippen molar-refractivity contribution < 1.29 is 4.79 Å². The number of carbonyl (C=O) groups is 1. The lowest BCUT2D eigenvalue weighted by Crippen LogP contribution is -2.39. The number of piperidine rings is 1. The van der Waals surface area contributed by atoms with Crippen LogP contribution in [0.4, 0.5) is 0 Å². The zero-order valence-corrected chi connectivity index (χ0v) is 10.1. The van der Waals surface area contributed by atoms with Gasteiger partial charge in [0.05, 0.1) is 5.92 Å². The van der Waals surface area contributed by atoms with Gasteiger partial charge in [0, 0.05) is 18.8 Å². The fourth-order valence-electron chi connectivity index (χ4n) is 2.32. The van der Waals surface area contributed by atoms with Crippen LogP contribution in [0, 0.1) is 5.92 Å². The predicted molar refractivity (Wildman–Crippen MR) is 64.8 cm³/mol. The number of hydrogen-bond donors (Lipinski definition) is 0. The summed E-state index contributed by atoms with van der Waals surface area (Å²) in [7, 11) is 0. The van der Waals surface area contributed by atoms with E-state index in [1.165, 1.54) is 19.3 Å². The maximum Gasteiger partial charge on any atom is 0.257 e. The Hall–Kier alpha value is -1.19. The summed E-state index contributed by atoms with van der Waals surface area (Å²) in [6.45, 7) is 5.91. The second-order valence-electron chi connectivity index (χ2n) is 4.51.